The third-order valence-electron chi connectivity index (χ3n) is 3.67. The van der Waals surface area contributed by atoms with E-state index in [1.165, 1.54) is 0 Å². The Hall–Kier alpha value is -1.87. The minimum atomic E-state index is -0.317. The molecule has 3 heteroatoms. The van der Waals surface area contributed by atoms with E-state index in [-0.39, 0.29) is 6.10 Å². The number of hydrogen-bond donors (Lipinski definition) is 1. The number of anilines is 1. The van der Waals surface area contributed by atoms with Gasteiger partial charge in [-0.2, -0.15) is 0 Å². The van der Waals surface area contributed by atoms with Crippen molar-refractivity contribution in [2.45, 2.75) is 18.9 Å². The lowest BCUT2D eigenvalue weighted by Crippen LogP contribution is -2.33. The van der Waals surface area contributed by atoms with E-state index in [9.17, 15) is 5.11 Å². The van der Waals surface area contributed by atoms with Crippen LogP contribution in [0.5, 0.6) is 0 Å². The van der Waals surface area contributed by atoms with Crippen molar-refractivity contribution in [1.82, 2.24) is 4.98 Å². The van der Waals surface area contributed by atoms with Gasteiger partial charge in [-0.05, 0) is 24.6 Å². The lowest BCUT2D eigenvalue weighted by molar-refractivity contribution is 0.164. The molecule has 1 aromatic heterocycles. The van der Waals surface area contributed by atoms with Gasteiger partial charge in [0.2, 0.25) is 0 Å². The number of nitrogens with zero attached hydrogens (tertiary/aromatic N) is 2. The van der Waals surface area contributed by atoms with Gasteiger partial charge in [0.15, 0.2) is 0 Å². The molecule has 1 unspecified atom stereocenters. The van der Waals surface area contributed by atoms with Gasteiger partial charge < -0.3 is 10.0 Å². The zero-order valence-corrected chi connectivity index (χ0v) is 10.9. The van der Waals surface area contributed by atoms with Gasteiger partial charge in [0.05, 0.1) is 6.10 Å². The summed E-state index contributed by atoms with van der Waals surface area (Å²) in [6.07, 6.45) is 3.26. The summed E-state index contributed by atoms with van der Waals surface area (Å²) in [5, 5.41) is 10.0. The lowest BCUT2D eigenvalue weighted by atomic mass is 9.98. The summed E-state index contributed by atoms with van der Waals surface area (Å²) in [7, 11) is 0. The van der Waals surface area contributed by atoms with Crippen molar-refractivity contribution < 1.29 is 5.11 Å². The summed E-state index contributed by atoms with van der Waals surface area (Å²) in [5.41, 5.74) is 3.33. The third kappa shape index (κ3) is 2.61. The van der Waals surface area contributed by atoms with Gasteiger partial charge in [0.25, 0.3) is 0 Å². The van der Waals surface area contributed by atoms with E-state index in [4.69, 9.17) is 0 Å². The fraction of sp³-hybridized carbons (Fsp3) is 0.312. The van der Waals surface area contributed by atoms with E-state index < -0.39 is 0 Å². The number of aliphatic hydroxyl groups excluding tert-OH is 1. The van der Waals surface area contributed by atoms with Crippen LogP contribution in [-0.4, -0.2) is 23.2 Å². The molecule has 1 aliphatic heterocycles. The quantitative estimate of drug-likeness (QED) is 0.914. The number of benzene rings is 1. The summed E-state index contributed by atoms with van der Waals surface area (Å²) >= 11 is 0. The van der Waals surface area contributed by atoms with Crippen molar-refractivity contribution in [1.29, 1.82) is 0 Å². The van der Waals surface area contributed by atoms with Crippen LogP contribution in [-0.2, 0) is 6.42 Å². The Balaban J connectivity index is 1.74. The Kier molecular flexibility index (Phi) is 3.47. The maximum Gasteiger partial charge on any atom is 0.0826 e. The maximum atomic E-state index is 10.0. The van der Waals surface area contributed by atoms with Crippen molar-refractivity contribution in [3.8, 4) is 0 Å². The van der Waals surface area contributed by atoms with Crippen LogP contribution in [0, 0.1) is 0 Å². The molecule has 0 radical (unpaired) electrons. The number of aromatic nitrogens is 1. The van der Waals surface area contributed by atoms with E-state index in [0.29, 0.717) is 0 Å². The SMILES string of the molecule is OC1CCN(CCc2ccccn2)c2ccccc21. The zero-order chi connectivity index (χ0) is 13.1. The molecule has 3 rings (SSSR count). The van der Waals surface area contributed by atoms with Gasteiger partial charge in [-0.1, -0.05) is 24.3 Å². The Labute approximate surface area is 113 Å². The average molecular weight is 254 g/mol. The molecular weight excluding hydrogens is 236 g/mol. The van der Waals surface area contributed by atoms with Gasteiger partial charge in [0.1, 0.15) is 0 Å². The number of para-hydroxylation sites is 1. The number of fused-ring (bicyclic) bond motifs is 1. The minimum Gasteiger partial charge on any atom is -0.388 e. The van der Waals surface area contributed by atoms with Crippen molar-refractivity contribution in [2.24, 2.45) is 0 Å². The molecule has 0 spiro atoms. The van der Waals surface area contributed by atoms with Gasteiger partial charge >= 0.3 is 0 Å². The van der Waals surface area contributed by atoms with Crippen LogP contribution in [0.25, 0.3) is 0 Å². The van der Waals surface area contributed by atoms with E-state index in [1.807, 2.05) is 36.5 Å². The van der Waals surface area contributed by atoms with Crippen molar-refractivity contribution in [3.63, 3.8) is 0 Å². The third-order valence-corrected chi connectivity index (χ3v) is 3.67. The molecular formula is C16H18N2O. The Morgan fingerprint density at radius 2 is 2.00 bits per heavy atom. The van der Waals surface area contributed by atoms with Crippen LogP contribution in [0.2, 0.25) is 0 Å². The Morgan fingerprint density at radius 3 is 2.84 bits per heavy atom. The highest BCUT2D eigenvalue weighted by atomic mass is 16.3. The summed E-state index contributed by atoms with van der Waals surface area (Å²) in [5.74, 6) is 0. The first kappa shape index (κ1) is 12.2. The molecule has 0 fully saturated rings. The highest BCUT2D eigenvalue weighted by molar-refractivity contribution is 5.56. The average Bonchev–Trinajstić information content (AvgIpc) is 2.48. The van der Waals surface area contributed by atoms with E-state index in [1.54, 1.807) is 0 Å². The van der Waals surface area contributed by atoms with E-state index in [0.717, 1.165) is 42.9 Å². The highest BCUT2D eigenvalue weighted by Crippen LogP contribution is 2.33. The molecule has 0 saturated carbocycles. The molecule has 0 amide bonds. The van der Waals surface area contributed by atoms with Crippen LogP contribution >= 0.6 is 0 Å². The van der Waals surface area contributed by atoms with Gasteiger partial charge in [-0.25, -0.2) is 0 Å². The van der Waals surface area contributed by atoms with E-state index in [2.05, 4.69) is 22.0 Å². The van der Waals surface area contributed by atoms with Crippen molar-refractivity contribution in [3.05, 3.63) is 59.9 Å². The fourth-order valence-electron chi connectivity index (χ4n) is 2.64. The van der Waals surface area contributed by atoms with Crippen LogP contribution < -0.4 is 4.90 Å². The number of rotatable bonds is 3. The first-order valence-electron chi connectivity index (χ1n) is 6.76. The molecule has 0 aliphatic carbocycles. The second-order valence-corrected chi connectivity index (χ2v) is 4.92. The van der Waals surface area contributed by atoms with Crippen LogP contribution in [0.1, 0.15) is 23.8 Å². The first-order chi connectivity index (χ1) is 9.34. The highest BCUT2D eigenvalue weighted by Gasteiger charge is 2.22. The summed E-state index contributed by atoms with van der Waals surface area (Å²) in [6.45, 7) is 1.85. The number of pyridine rings is 1. The summed E-state index contributed by atoms with van der Waals surface area (Å²) in [4.78, 5) is 6.70. The second kappa shape index (κ2) is 5.41. The number of hydrogen-bond acceptors (Lipinski definition) is 3. The van der Waals surface area contributed by atoms with Gasteiger partial charge in [-0.3, -0.25) is 4.98 Å². The summed E-state index contributed by atoms with van der Waals surface area (Å²) < 4.78 is 0. The van der Waals surface area contributed by atoms with Crippen LogP contribution in [0.3, 0.4) is 0 Å². The molecule has 3 nitrogen and oxygen atoms in total. The predicted molar refractivity (Wildman–Crippen MR) is 76.2 cm³/mol. The molecule has 1 atom stereocenters. The van der Waals surface area contributed by atoms with Gasteiger partial charge in [-0.15, -0.1) is 0 Å². The molecule has 1 aliphatic rings. The molecule has 1 N–H and O–H groups in total. The molecule has 0 saturated heterocycles. The van der Waals surface area contributed by atoms with Crippen LogP contribution in [0.15, 0.2) is 48.7 Å². The molecule has 2 aromatic rings. The molecule has 19 heavy (non-hydrogen) atoms. The van der Waals surface area contributed by atoms with Crippen molar-refractivity contribution >= 4 is 5.69 Å². The lowest BCUT2D eigenvalue weighted by Gasteiger charge is -2.33. The molecule has 2 heterocycles. The second-order valence-electron chi connectivity index (χ2n) is 4.92. The smallest absolute Gasteiger partial charge is 0.0826 e. The predicted octanol–water partition coefficient (Wildman–Crippen LogP) is 2.57. The largest absolute Gasteiger partial charge is 0.388 e. The first-order valence-corrected chi connectivity index (χ1v) is 6.76. The molecule has 1 aromatic carbocycles. The molecule has 98 valence electrons. The Bertz CT molecular complexity index is 541. The van der Waals surface area contributed by atoms with E-state index >= 15 is 0 Å². The van der Waals surface area contributed by atoms with Crippen molar-refractivity contribution in [2.75, 3.05) is 18.0 Å². The maximum absolute atomic E-state index is 10.0. The monoisotopic (exact) mass is 254 g/mol. The van der Waals surface area contributed by atoms with Crippen LogP contribution in [0.4, 0.5) is 5.69 Å². The fourth-order valence-corrected chi connectivity index (χ4v) is 2.64. The number of aliphatic hydroxyl groups is 1. The standard InChI is InChI=1S/C16H18N2O/c19-16-9-12-18(15-7-2-1-6-14(15)16)11-8-13-5-3-4-10-17-13/h1-7,10,16,19H,8-9,11-12H2. The normalized spacial score (nSPS) is 18.2. The minimum absolute atomic E-state index is 0.317. The van der Waals surface area contributed by atoms with Gasteiger partial charge in [0, 0.05) is 42.7 Å². The summed E-state index contributed by atoms with van der Waals surface area (Å²) in [6, 6.07) is 14.2. The zero-order valence-electron chi connectivity index (χ0n) is 10.9. The molecule has 0 bridgehead atoms. The topological polar surface area (TPSA) is 36.4 Å². The Morgan fingerprint density at radius 1 is 1.16 bits per heavy atom.